The van der Waals surface area contributed by atoms with E-state index in [-0.39, 0.29) is 5.76 Å². The van der Waals surface area contributed by atoms with Crippen molar-refractivity contribution in [3.05, 3.63) is 59.5 Å². The van der Waals surface area contributed by atoms with Crippen LogP contribution >= 0.6 is 0 Å². The summed E-state index contributed by atoms with van der Waals surface area (Å²) in [7, 11) is 1.31. The topological polar surface area (TPSA) is 71.7 Å². The van der Waals surface area contributed by atoms with Crippen molar-refractivity contribution in [2.45, 2.75) is 12.6 Å². The van der Waals surface area contributed by atoms with Crippen LogP contribution in [0.3, 0.4) is 0 Å². The SMILES string of the molecule is COC(=O)c1occc1CNCC(O)c1ccccc1. The highest BCUT2D eigenvalue weighted by Crippen LogP contribution is 2.13. The molecule has 0 bridgehead atoms. The predicted molar refractivity (Wildman–Crippen MR) is 73.2 cm³/mol. The first kappa shape index (κ1) is 14.3. The molecule has 1 heterocycles. The molecule has 2 aromatic rings. The molecule has 0 saturated heterocycles. The van der Waals surface area contributed by atoms with Gasteiger partial charge in [0.05, 0.1) is 19.5 Å². The van der Waals surface area contributed by atoms with Gasteiger partial charge in [0.2, 0.25) is 5.76 Å². The number of methoxy groups -OCH3 is 1. The van der Waals surface area contributed by atoms with Gasteiger partial charge in [-0.3, -0.25) is 0 Å². The summed E-state index contributed by atoms with van der Waals surface area (Å²) in [6.45, 7) is 0.806. The average Bonchev–Trinajstić information content (AvgIpc) is 2.95. The second kappa shape index (κ2) is 6.88. The van der Waals surface area contributed by atoms with Crippen molar-refractivity contribution in [3.8, 4) is 0 Å². The van der Waals surface area contributed by atoms with Crippen molar-refractivity contribution in [3.63, 3.8) is 0 Å². The molecule has 0 aliphatic rings. The maximum Gasteiger partial charge on any atom is 0.374 e. The van der Waals surface area contributed by atoms with E-state index in [1.807, 2.05) is 30.3 Å². The summed E-state index contributed by atoms with van der Waals surface area (Å²) < 4.78 is 9.70. The van der Waals surface area contributed by atoms with Crippen LogP contribution in [0.2, 0.25) is 0 Å². The molecule has 2 rings (SSSR count). The maximum atomic E-state index is 11.4. The number of carbonyl (C=O) groups excluding carboxylic acids is 1. The molecule has 1 aromatic heterocycles. The van der Waals surface area contributed by atoms with Crippen molar-refractivity contribution < 1.29 is 19.1 Å². The highest BCUT2D eigenvalue weighted by Gasteiger charge is 2.15. The fraction of sp³-hybridized carbons (Fsp3) is 0.267. The van der Waals surface area contributed by atoms with Gasteiger partial charge in [0.15, 0.2) is 0 Å². The summed E-state index contributed by atoms with van der Waals surface area (Å²) in [5.74, 6) is -0.315. The molecule has 0 amide bonds. The lowest BCUT2D eigenvalue weighted by Crippen LogP contribution is -2.21. The summed E-state index contributed by atoms with van der Waals surface area (Å²) in [6.07, 6.45) is 0.848. The Labute approximate surface area is 117 Å². The molecule has 5 heteroatoms. The van der Waals surface area contributed by atoms with E-state index in [9.17, 15) is 9.90 Å². The summed E-state index contributed by atoms with van der Waals surface area (Å²) in [6, 6.07) is 11.1. The predicted octanol–water partition coefficient (Wildman–Crippen LogP) is 1.89. The van der Waals surface area contributed by atoms with Crippen LogP contribution < -0.4 is 5.32 Å². The van der Waals surface area contributed by atoms with Gasteiger partial charge in [-0.05, 0) is 11.6 Å². The van der Waals surface area contributed by atoms with E-state index in [0.29, 0.717) is 18.7 Å². The zero-order valence-electron chi connectivity index (χ0n) is 11.2. The second-order valence-corrected chi connectivity index (χ2v) is 4.32. The van der Waals surface area contributed by atoms with Gasteiger partial charge in [-0.15, -0.1) is 0 Å². The smallest absolute Gasteiger partial charge is 0.374 e. The molecule has 0 spiro atoms. The molecule has 1 unspecified atom stereocenters. The van der Waals surface area contributed by atoms with Gasteiger partial charge >= 0.3 is 5.97 Å². The Bertz CT molecular complexity index is 550. The number of esters is 1. The molecule has 0 fully saturated rings. The van der Waals surface area contributed by atoms with E-state index in [4.69, 9.17) is 4.42 Å². The molecule has 106 valence electrons. The minimum Gasteiger partial charge on any atom is -0.463 e. The number of aliphatic hydroxyl groups excluding tert-OH is 1. The number of furan rings is 1. The van der Waals surface area contributed by atoms with Gasteiger partial charge in [0.25, 0.3) is 0 Å². The molecule has 1 atom stereocenters. The van der Waals surface area contributed by atoms with Crippen LogP contribution in [0.4, 0.5) is 0 Å². The van der Waals surface area contributed by atoms with Crippen molar-refractivity contribution in [1.82, 2.24) is 5.32 Å². The largest absolute Gasteiger partial charge is 0.463 e. The van der Waals surface area contributed by atoms with Crippen LogP contribution in [0.1, 0.15) is 27.8 Å². The maximum absolute atomic E-state index is 11.4. The normalized spacial score (nSPS) is 12.1. The van der Waals surface area contributed by atoms with Gasteiger partial charge < -0.3 is 19.6 Å². The molecular formula is C15H17NO4. The second-order valence-electron chi connectivity index (χ2n) is 4.32. The lowest BCUT2D eigenvalue weighted by atomic mass is 10.1. The zero-order chi connectivity index (χ0) is 14.4. The molecule has 0 radical (unpaired) electrons. The third-order valence-electron chi connectivity index (χ3n) is 2.96. The Hall–Kier alpha value is -2.11. The summed E-state index contributed by atoms with van der Waals surface area (Å²) >= 11 is 0. The molecule has 2 N–H and O–H groups in total. The summed E-state index contributed by atoms with van der Waals surface area (Å²) in [5, 5.41) is 13.1. The van der Waals surface area contributed by atoms with E-state index in [2.05, 4.69) is 10.1 Å². The molecule has 5 nitrogen and oxygen atoms in total. The van der Waals surface area contributed by atoms with E-state index < -0.39 is 12.1 Å². The zero-order valence-corrected chi connectivity index (χ0v) is 11.2. The first-order valence-corrected chi connectivity index (χ1v) is 6.30. The standard InChI is InChI=1S/C15H17NO4/c1-19-15(18)14-12(7-8-20-14)9-16-10-13(17)11-5-3-2-4-6-11/h2-8,13,16-17H,9-10H2,1H3. The third kappa shape index (κ3) is 3.46. The van der Waals surface area contributed by atoms with E-state index in [0.717, 1.165) is 5.56 Å². The first-order valence-electron chi connectivity index (χ1n) is 6.30. The van der Waals surface area contributed by atoms with Crippen molar-refractivity contribution in [2.75, 3.05) is 13.7 Å². The van der Waals surface area contributed by atoms with Crippen LogP contribution in [-0.4, -0.2) is 24.7 Å². The molecule has 20 heavy (non-hydrogen) atoms. The van der Waals surface area contributed by atoms with Gasteiger partial charge in [0.1, 0.15) is 0 Å². The number of hydrogen-bond donors (Lipinski definition) is 2. The van der Waals surface area contributed by atoms with Crippen molar-refractivity contribution in [1.29, 1.82) is 0 Å². The Morgan fingerprint density at radius 3 is 2.80 bits per heavy atom. The first-order chi connectivity index (χ1) is 9.72. The Balaban J connectivity index is 1.87. The lowest BCUT2D eigenvalue weighted by Gasteiger charge is -2.11. The van der Waals surface area contributed by atoms with Crippen LogP contribution in [0, 0.1) is 0 Å². The van der Waals surface area contributed by atoms with E-state index in [1.54, 1.807) is 6.07 Å². The Kier molecular flexibility index (Phi) is 4.92. The van der Waals surface area contributed by atoms with Crippen LogP contribution in [0.5, 0.6) is 0 Å². The number of ether oxygens (including phenoxy) is 1. The summed E-state index contributed by atoms with van der Waals surface area (Å²) in [4.78, 5) is 11.4. The monoisotopic (exact) mass is 275 g/mol. The number of carbonyl (C=O) groups is 1. The average molecular weight is 275 g/mol. The highest BCUT2D eigenvalue weighted by atomic mass is 16.5. The fourth-order valence-electron chi connectivity index (χ4n) is 1.88. The minimum atomic E-state index is -0.593. The number of aliphatic hydroxyl groups is 1. The molecule has 0 aliphatic heterocycles. The number of benzene rings is 1. The van der Waals surface area contributed by atoms with E-state index in [1.165, 1.54) is 13.4 Å². The van der Waals surface area contributed by atoms with Gasteiger partial charge in [-0.2, -0.15) is 0 Å². The van der Waals surface area contributed by atoms with Crippen molar-refractivity contribution in [2.24, 2.45) is 0 Å². The molecular weight excluding hydrogens is 258 g/mol. The molecule has 0 aliphatic carbocycles. The number of rotatable bonds is 6. The minimum absolute atomic E-state index is 0.189. The van der Waals surface area contributed by atoms with Crippen LogP contribution in [0.15, 0.2) is 47.1 Å². The molecule has 1 aromatic carbocycles. The molecule has 0 saturated carbocycles. The van der Waals surface area contributed by atoms with Gasteiger partial charge in [-0.1, -0.05) is 30.3 Å². The number of nitrogens with one attached hydrogen (secondary N) is 1. The quantitative estimate of drug-likeness (QED) is 0.788. The highest BCUT2D eigenvalue weighted by molar-refractivity contribution is 5.87. The Morgan fingerprint density at radius 2 is 2.10 bits per heavy atom. The van der Waals surface area contributed by atoms with Crippen molar-refractivity contribution >= 4 is 5.97 Å². The van der Waals surface area contributed by atoms with Crippen LogP contribution in [0.25, 0.3) is 0 Å². The number of hydrogen-bond acceptors (Lipinski definition) is 5. The third-order valence-corrected chi connectivity index (χ3v) is 2.96. The summed E-state index contributed by atoms with van der Waals surface area (Å²) in [5.41, 5.74) is 1.55. The van der Waals surface area contributed by atoms with E-state index >= 15 is 0 Å². The van der Waals surface area contributed by atoms with Crippen LogP contribution in [-0.2, 0) is 11.3 Å². The Morgan fingerprint density at radius 1 is 1.35 bits per heavy atom. The lowest BCUT2D eigenvalue weighted by molar-refractivity contribution is 0.0563. The fourth-order valence-corrected chi connectivity index (χ4v) is 1.88. The van der Waals surface area contributed by atoms with Gasteiger partial charge in [0, 0.05) is 18.7 Å². The van der Waals surface area contributed by atoms with Gasteiger partial charge in [-0.25, -0.2) is 4.79 Å².